The van der Waals surface area contributed by atoms with Crippen LogP contribution in [0.4, 0.5) is 29.0 Å². The van der Waals surface area contributed by atoms with Crippen molar-refractivity contribution in [3.8, 4) is 23.3 Å². The van der Waals surface area contributed by atoms with E-state index in [0.717, 1.165) is 0 Å². The number of pyridine rings is 1. The molecule has 0 atom stereocenters. The van der Waals surface area contributed by atoms with E-state index >= 15 is 0 Å². The molecule has 0 fully saturated rings. The summed E-state index contributed by atoms with van der Waals surface area (Å²) < 4.78 is 13.1. The highest BCUT2D eigenvalue weighted by molar-refractivity contribution is 5.98. The Morgan fingerprint density at radius 2 is 2.00 bits per heavy atom. The van der Waals surface area contributed by atoms with Gasteiger partial charge in [0, 0.05) is 24.6 Å². The molecule has 0 saturated heterocycles. The van der Waals surface area contributed by atoms with E-state index in [4.69, 9.17) is 20.1 Å². The van der Waals surface area contributed by atoms with Crippen LogP contribution < -0.4 is 26.4 Å². The molecule has 5 rings (SSSR count). The third kappa shape index (κ3) is 6.60. The number of rotatable bonds is 11. The second-order valence-corrected chi connectivity index (χ2v) is 9.67. The van der Waals surface area contributed by atoms with E-state index in [1.54, 1.807) is 29.1 Å². The Hall–Kier alpha value is -6.30. The number of primary amides is 1. The molecule has 0 spiro atoms. The van der Waals surface area contributed by atoms with Crippen molar-refractivity contribution in [1.29, 1.82) is 5.26 Å². The third-order valence-electron chi connectivity index (χ3n) is 6.19. The molecule has 0 bridgehead atoms. The minimum absolute atomic E-state index is 0.0556. The van der Waals surface area contributed by atoms with E-state index in [2.05, 4.69) is 41.0 Å². The Labute approximate surface area is 251 Å². The van der Waals surface area contributed by atoms with Crippen LogP contribution in [0.5, 0.6) is 5.75 Å². The van der Waals surface area contributed by atoms with Crippen molar-refractivity contribution < 1.29 is 18.7 Å². The van der Waals surface area contributed by atoms with Gasteiger partial charge in [-0.2, -0.15) is 15.3 Å². The van der Waals surface area contributed by atoms with Gasteiger partial charge in [-0.05, 0) is 38.1 Å². The highest BCUT2D eigenvalue weighted by Gasteiger charge is 2.20. The van der Waals surface area contributed by atoms with E-state index in [9.17, 15) is 9.59 Å². The number of aromatic nitrogens is 6. The van der Waals surface area contributed by atoms with E-state index in [-0.39, 0.29) is 41.5 Å². The quantitative estimate of drug-likeness (QED) is 0.171. The van der Waals surface area contributed by atoms with Crippen LogP contribution in [0, 0.1) is 11.3 Å². The van der Waals surface area contributed by atoms with Gasteiger partial charge in [0.2, 0.25) is 17.7 Å². The van der Waals surface area contributed by atoms with Crippen LogP contribution >= 0.6 is 0 Å². The van der Waals surface area contributed by atoms with Gasteiger partial charge in [0.25, 0.3) is 5.91 Å². The van der Waals surface area contributed by atoms with Crippen LogP contribution in [0.25, 0.3) is 11.5 Å². The number of methoxy groups -OCH3 is 1. The number of nitrogens with two attached hydrogens (primary N) is 1. The molecule has 44 heavy (non-hydrogen) atoms. The second kappa shape index (κ2) is 12.7. The zero-order chi connectivity index (χ0) is 31.2. The Balaban J connectivity index is 1.37. The lowest BCUT2D eigenvalue weighted by atomic mass is 10.1. The fraction of sp³-hybridized carbons (Fsp3) is 0.172. The number of amides is 2. The molecular weight excluding hydrogens is 566 g/mol. The fourth-order valence-electron chi connectivity index (χ4n) is 4.11. The first-order chi connectivity index (χ1) is 21.2. The number of hydrogen-bond acceptors (Lipinski definition) is 12. The van der Waals surface area contributed by atoms with E-state index in [1.165, 1.54) is 37.9 Å². The smallest absolute Gasteiger partial charge is 0.254 e. The first kappa shape index (κ1) is 29.2. The molecule has 5 N–H and O–H groups in total. The zero-order valence-electron chi connectivity index (χ0n) is 23.9. The maximum absolute atomic E-state index is 12.6. The molecule has 5 aromatic rings. The minimum atomic E-state index is -0.730. The number of para-hydroxylation sites is 1. The Morgan fingerprint density at radius 1 is 1.16 bits per heavy atom. The molecule has 0 aliphatic heterocycles. The number of carbonyl (C=O) groups excluding carboxylic acids is 2. The van der Waals surface area contributed by atoms with Crippen molar-refractivity contribution in [1.82, 2.24) is 29.7 Å². The summed E-state index contributed by atoms with van der Waals surface area (Å²) in [4.78, 5) is 41.9. The van der Waals surface area contributed by atoms with Gasteiger partial charge in [-0.15, -0.1) is 0 Å². The number of hydrogen-bond donors (Lipinski definition) is 4. The lowest BCUT2D eigenvalue weighted by Gasteiger charge is -2.15. The summed E-state index contributed by atoms with van der Waals surface area (Å²) in [6, 6.07) is 10.3. The molecule has 2 amide bonds. The topological polar surface area (TPSA) is 212 Å². The molecule has 4 aromatic heterocycles. The maximum atomic E-state index is 12.6. The minimum Gasteiger partial charge on any atom is -0.494 e. The van der Waals surface area contributed by atoms with E-state index < -0.39 is 11.8 Å². The van der Waals surface area contributed by atoms with Crippen molar-refractivity contribution in [2.45, 2.75) is 26.3 Å². The van der Waals surface area contributed by atoms with Crippen molar-refractivity contribution in [3.63, 3.8) is 0 Å². The molecule has 15 heteroatoms. The third-order valence-corrected chi connectivity index (χ3v) is 6.19. The number of nitriles is 1. The molecule has 4 heterocycles. The molecular formula is C29H27N11O4. The van der Waals surface area contributed by atoms with Gasteiger partial charge in [0.1, 0.15) is 23.5 Å². The van der Waals surface area contributed by atoms with Crippen molar-refractivity contribution in [2.75, 3.05) is 23.1 Å². The van der Waals surface area contributed by atoms with Crippen LogP contribution in [-0.4, -0.2) is 48.6 Å². The van der Waals surface area contributed by atoms with Crippen molar-refractivity contribution in [3.05, 3.63) is 78.2 Å². The number of ether oxygens (including phenoxy) is 1. The molecule has 0 aliphatic rings. The molecule has 0 aliphatic carbocycles. The first-order valence-corrected chi connectivity index (χ1v) is 13.3. The molecule has 0 unspecified atom stereocenters. The van der Waals surface area contributed by atoms with Gasteiger partial charge >= 0.3 is 0 Å². The largest absolute Gasteiger partial charge is 0.494 e. The Kier molecular flexibility index (Phi) is 8.43. The molecule has 15 nitrogen and oxygen atoms in total. The van der Waals surface area contributed by atoms with Gasteiger partial charge in [-0.1, -0.05) is 6.07 Å². The van der Waals surface area contributed by atoms with Gasteiger partial charge in [-0.3, -0.25) is 14.3 Å². The zero-order valence-corrected chi connectivity index (χ0v) is 23.9. The van der Waals surface area contributed by atoms with Gasteiger partial charge in [0.05, 0.1) is 54.0 Å². The van der Waals surface area contributed by atoms with Gasteiger partial charge in [-0.25, -0.2) is 15.0 Å². The SMILES string of the molecule is COc1c(Nc2nc(Nc3cnn(C(C)C)c3)ncc2C(N)=O)cccc1-c1nc(CC(=O)Nc2cc(C#N)ccn2)co1. The fourth-order valence-corrected chi connectivity index (χ4v) is 4.11. The van der Waals surface area contributed by atoms with Crippen LogP contribution in [-0.2, 0) is 11.2 Å². The number of oxazole rings is 1. The average Bonchev–Trinajstić information content (AvgIpc) is 3.67. The highest BCUT2D eigenvalue weighted by Crippen LogP contribution is 2.38. The van der Waals surface area contributed by atoms with Crippen LogP contribution in [0.2, 0.25) is 0 Å². The van der Waals surface area contributed by atoms with Crippen LogP contribution in [0.1, 0.15) is 41.5 Å². The summed E-state index contributed by atoms with van der Waals surface area (Å²) in [6.07, 6.45) is 7.47. The summed E-state index contributed by atoms with van der Waals surface area (Å²) in [7, 11) is 1.47. The normalized spacial score (nSPS) is 10.7. The van der Waals surface area contributed by atoms with E-state index in [1.807, 2.05) is 26.1 Å². The summed E-state index contributed by atoms with van der Waals surface area (Å²) in [5.41, 5.74) is 7.96. The van der Waals surface area contributed by atoms with Crippen LogP contribution in [0.3, 0.4) is 0 Å². The van der Waals surface area contributed by atoms with Gasteiger partial charge < -0.3 is 30.8 Å². The predicted octanol–water partition coefficient (Wildman–Crippen LogP) is 3.95. The number of benzene rings is 1. The predicted molar refractivity (Wildman–Crippen MR) is 160 cm³/mol. The number of anilines is 5. The maximum Gasteiger partial charge on any atom is 0.254 e. The molecule has 0 radical (unpaired) electrons. The standard InChI is InChI=1S/C29H27N11O4/c1-16(2)40-14-19(12-34-40)36-29-33-13-21(26(31)42)27(39-29)37-22-6-4-5-20(25(22)43-3)28-35-18(15-44-28)10-24(41)38-23-9-17(11-30)7-8-32-23/h4-9,12-16H,10H2,1-3H3,(H2,31,42)(H,32,38,41)(H2,33,36,37,39). The summed E-state index contributed by atoms with van der Waals surface area (Å²) in [6.45, 7) is 4.01. The average molecular weight is 594 g/mol. The Bertz CT molecular complexity index is 1870. The van der Waals surface area contributed by atoms with Crippen molar-refractivity contribution in [2.24, 2.45) is 5.73 Å². The summed E-state index contributed by atoms with van der Waals surface area (Å²) in [5, 5.41) is 22.2. The number of nitrogens with one attached hydrogen (secondary N) is 3. The first-order valence-electron chi connectivity index (χ1n) is 13.3. The van der Waals surface area contributed by atoms with E-state index in [0.29, 0.717) is 33.9 Å². The Morgan fingerprint density at radius 3 is 2.73 bits per heavy atom. The summed E-state index contributed by atoms with van der Waals surface area (Å²) in [5.74, 6) is 0.0132. The highest BCUT2D eigenvalue weighted by atomic mass is 16.5. The molecule has 222 valence electrons. The van der Waals surface area contributed by atoms with Crippen molar-refractivity contribution >= 4 is 40.8 Å². The number of nitrogens with zero attached hydrogens (tertiary/aromatic N) is 7. The molecule has 1 aromatic carbocycles. The van der Waals surface area contributed by atoms with Gasteiger partial charge in [0.15, 0.2) is 5.75 Å². The second-order valence-electron chi connectivity index (χ2n) is 9.67. The van der Waals surface area contributed by atoms with Crippen LogP contribution in [0.15, 0.2) is 65.8 Å². The molecule has 0 saturated carbocycles. The monoisotopic (exact) mass is 593 g/mol. The summed E-state index contributed by atoms with van der Waals surface area (Å²) >= 11 is 0. The lowest BCUT2D eigenvalue weighted by Crippen LogP contribution is -2.16. The lowest BCUT2D eigenvalue weighted by molar-refractivity contribution is -0.115. The number of carbonyl (C=O) groups is 2.